The molecule has 0 aliphatic rings. The van der Waals surface area contributed by atoms with Crippen molar-refractivity contribution in [3.63, 3.8) is 0 Å². The van der Waals surface area contributed by atoms with E-state index in [1.807, 2.05) is 0 Å². The minimum absolute atomic E-state index is 0.0393. The van der Waals surface area contributed by atoms with Crippen LogP contribution in [0.3, 0.4) is 0 Å². The number of amides is 7. The third kappa shape index (κ3) is 15.7. The Bertz CT molecular complexity index is 2010. The van der Waals surface area contributed by atoms with Gasteiger partial charge >= 0.3 is 11.9 Å². The molecule has 0 bridgehead atoms. The summed E-state index contributed by atoms with van der Waals surface area (Å²) in [6.45, 7) is 0. The molecule has 0 aliphatic carbocycles. The molecule has 2 aromatic carbocycles. The summed E-state index contributed by atoms with van der Waals surface area (Å²) in [5.74, 6) is -8.51. The average Bonchev–Trinajstić information content (AvgIpc) is 3.60. The highest BCUT2D eigenvalue weighted by Crippen LogP contribution is 2.20. The number of para-hydroxylation sites is 1. The summed E-state index contributed by atoms with van der Waals surface area (Å²) in [5, 5.41) is 32.2. The molecule has 21 heteroatoms. The molecule has 0 radical (unpaired) electrons. The van der Waals surface area contributed by atoms with Crippen molar-refractivity contribution in [3.05, 3.63) is 71.9 Å². The smallest absolute Gasteiger partial charge is 0.326 e. The number of carboxylic acid groups (broad SMARTS) is 2. The van der Waals surface area contributed by atoms with Crippen molar-refractivity contribution in [2.75, 3.05) is 12.0 Å². The van der Waals surface area contributed by atoms with Gasteiger partial charge in [-0.1, -0.05) is 48.5 Å². The van der Waals surface area contributed by atoms with Crippen LogP contribution in [0.1, 0.15) is 49.7 Å². The molecule has 7 amide bonds. The molecule has 0 saturated carbocycles. The lowest BCUT2D eigenvalue weighted by molar-refractivity contribution is -0.143. The van der Waals surface area contributed by atoms with E-state index in [1.165, 1.54) is 11.8 Å². The van der Waals surface area contributed by atoms with E-state index in [2.05, 4.69) is 31.6 Å². The fraction of sp³-hybridized carbons (Fsp3) is 0.410. The Kier molecular flexibility index (Phi) is 19.0. The van der Waals surface area contributed by atoms with E-state index in [1.54, 1.807) is 67.0 Å². The summed E-state index contributed by atoms with van der Waals surface area (Å²) < 4.78 is 0. The first-order valence-corrected chi connectivity index (χ1v) is 20.2. The molecular weight excluding hydrogens is 803 g/mol. The molecule has 6 atom stereocenters. The van der Waals surface area contributed by atoms with Crippen molar-refractivity contribution in [1.82, 2.24) is 31.6 Å². The number of benzene rings is 2. The second-order valence-electron chi connectivity index (χ2n) is 13.9. The average molecular weight is 854 g/mol. The molecule has 1 aromatic heterocycles. The van der Waals surface area contributed by atoms with Gasteiger partial charge in [-0.15, -0.1) is 0 Å². The molecule has 3 rings (SSSR count). The van der Waals surface area contributed by atoms with Crippen LogP contribution in [0.25, 0.3) is 10.9 Å². The first kappa shape index (κ1) is 47.9. The Hall–Kier alpha value is -6.48. The minimum Gasteiger partial charge on any atom is -0.481 e. The molecule has 0 unspecified atom stereocenters. The summed E-state index contributed by atoms with van der Waals surface area (Å²) >= 11 is 1.35. The monoisotopic (exact) mass is 853 g/mol. The number of nitrogens with two attached hydrogens (primary N) is 3. The Labute approximate surface area is 348 Å². The van der Waals surface area contributed by atoms with Gasteiger partial charge < -0.3 is 59.0 Å². The largest absolute Gasteiger partial charge is 0.481 e. The first-order chi connectivity index (χ1) is 28.5. The van der Waals surface area contributed by atoms with Crippen LogP contribution < -0.4 is 43.8 Å². The van der Waals surface area contributed by atoms with E-state index in [0.717, 1.165) is 10.9 Å². The van der Waals surface area contributed by atoms with E-state index in [4.69, 9.17) is 22.3 Å². The minimum atomic E-state index is -1.60. The summed E-state index contributed by atoms with van der Waals surface area (Å²) in [6.07, 6.45) is 1.02. The summed E-state index contributed by atoms with van der Waals surface area (Å²) in [7, 11) is 0. The molecule has 0 saturated heterocycles. The molecule has 3 aromatic rings. The van der Waals surface area contributed by atoms with Gasteiger partial charge in [-0.3, -0.25) is 38.4 Å². The Balaban J connectivity index is 1.93. The number of H-pyrrole nitrogens is 1. The number of rotatable bonds is 26. The van der Waals surface area contributed by atoms with Crippen LogP contribution in [0.5, 0.6) is 0 Å². The first-order valence-electron chi connectivity index (χ1n) is 18.9. The van der Waals surface area contributed by atoms with Crippen LogP contribution in [-0.4, -0.2) is 117 Å². The van der Waals surface area contributed by atoms with Gasteiger partial charge in [-0.05, 0) is 48.5 Å². The van der Waals surface area contributed by atoms with E-state index in [-0.39, 0.29) is 32.1 Å². The summed E-state index contributed by atoms with van der Waals surface area (Å²) in [5.41, 5.74) is 18.1. The number of hydrogen-bond donors (Lipinski definition) is 11. The fourth-order valence-electron chi connectivity index (χ4n) is 6.05. The number of aliphatic carboxylic acids is 2. The van der Waals surface area contributed by atoms with Crippen molar-refractivity contribution in [1.29, 1.82) is 0 Å². The van der Waals surface area contributed by atoms with Crippen LogP contribution in [0.4, 0.5) is 0 Å². The molecule has 0 fully saturated rings. The zero-order valence-electron chi connectivity index (χ0n) is 32.8. The van der Waals surface area contributed by atoms with Gasteiger partial charge in [0.05, 0.1) is 12.5 Å². The number of hydrogen-bond acceptors (Lipinski definition) is 11. The zero-order valence-corrected chi connectivity index (χ0v) is 33.6. The van der Waals surface area contributed by atoms with Gasteiger partial charge in [0.15, 0.2) is 0 Å². The topological polar surface area (TPSA) is 348 Å². The van der Waals surface area contributed by atoms with Crippen LogP contribution in [0, 0.1) is 0 Å². The number of thioether (sulfide) groups is 1. The zero-order chi connectivity index (χ0) is 44.4. The van der Waals surface area contributed by atoms with Gasteiger partial charge in [-0.25, -0.2) is 4.79 Å². The van der Waals surface area contributed by atoms with Crippen LogP contribution >= 0.6 is 11.8 Å². The fourth-order valence-corrected chi connectivity index (χ4v) is 6.52. The number of primary amides is 2. The van der Waals surface area contributed by atoms with Gasteiger partial charge in [0.2, 0.25) is 41.4 Å². The molecule has 1 heterocycles. The second kappa shape index (κ2) is 23.8. The lowest BCUT2D eigenvalue weighted by atomic mass is 10.0. The van der Waals surface area contributed by atoms with Crippen molar-refractivity contribution >= 4 is 76.0 Å². The van der Waals surface area contributed by atoms with Crippen molar-refractivity contribution in [2.24, 2.45) is 17.2 Å². The van der Waals surface area contributed by atoms with Crippen LogP contribution in [0.2, 0.25) is 0 Å². The number of carbonyl (C=O) groups is 9. The Morgan fingerprint density at radius 3 is 1.73 bits per heavy atom. The molecule has 0 aliphatic heterocycles. The molecule has 20 nitrogen and oxygen atoms in total. The standard InChI is InChI=1S/C39H51N9O11S/c1-60-16-15-27(36(55)48-30(18-22-20-43-25-10-6-5-9-23(22)25)38(57)46-28(39(58)59)12-14-33(51)52)45-37(56)29(17-21-7-3-2-4-8-21)47-35(54)26(11-13-31(41)49)44-34(53)24(40)19-32(42)50/h2-10,20,24,26-30,43H,11-19,40H2,1H3,(H2,41,49)(H2,42,50)(H,44,53)(H,45,56)(H,46,57)(H,47,54)(H,48,55)(H,51,52)(H,58,59)/t24-,26-,27-,28-,29-,30-/m0/s1. The number of carboxylic acids is 2. The van der Waals surface area contributed by atoms with Crippen molar-refractivity contribution in [3.8, 4) is 0 Å². The quantitative estimate of drug-likeness (QED) is 0.0441. The summed E-state index contributed by atoms with van der Waals surface area (Å²) in [6, 6.07) is 7.09. The SMILES string of the molecule is CSCC[C@H](NC(=O)[C@H](Cc1ccccc1)NC(=O)[C@H](CCC(N)=O)NC(=O)[C@@H](N)CC(N)=O)C(=O)N[C@@H](Cc1c[nH]c2ccccc12)C(=O)N[C@@H](CCC(=O)O)C(=O)O. The van der Waals surface area contributed by atoms with E-state index in [0.29, 0.717) is 16.9 Å². The number of nitrogens with one attached hydrogen (secondary N) is 6. The highest BCUT2D eigenvalue weighted by Gasteiger charge is 2.34. The molecule has 14 N–H and O–H groups in total. The molecule has 0 spiro atoms. The lowest BCUT2D eigenvalue weighted by Gasteiger charge is -2.27. The highest BCUT2D eigenvalue weighted by molar-refractivity contribution is 7.98. The number of carbonyl (C=O) groups excluding carboxylic acids is 7. The third-order valence-electron chi connectivity index (χ3n) is 9.22. The van der Waals surface area contributed by atoms with Crippen molar-refractivity contribution in [2.45, 2.75) is 87.6 Å². The number of aromatic amines is 1. The molecular formula is C39H51N9O11S. The maximum atomic E-state index is 14.1. The van der Waals surface area contributed by atoms with Gasteiger partial charge in [0.1, 0.15) is 30.2 Å². The number of fused-ring (bicyclic) bond motifs is 1. The number of aromatic nitrogens is 1. The maximum absolute atomic E-state index is 14.1. The van der Waals surface area contributed by atoms with Gasteiger partial charge in [0.25, 0.3) is 0 Å². The predicted molar refractivity (Wildman–Crippen MR) is 220 cm³/mol. The Morgan fingerprint density at radius 2 is 1.15 bits per heavy atom. The van der Waals surface area contributed by atoms with Gasteiger partial charge in [0, 0.05) is 42.8 Å². The normalized spacial score (nSPS) is 14.0. The second-order valence-corrected chi connectivity index (χ2v) is 14.9. The van der Waals surface area contributed by atoms with Crippen LogP contribution in [-0.2, 0) is 56.0 Å². The predicted octanol–water partition coefficient (Wildman–Crippen LogP) is -1.45. The maximum Gasteiger partial charge on any atom is 0.326 e. The summed E-state index contributed by atoms with van der Waals surface area (Å²) in [4.78, 5) is 118. The highest BCUT2D eigenvalue weighted by atomic mass is 32.2. The van der Waals surface area contributed by atoms with E-state index in [9.17, 15) is 48.3 Å². The molecule has 324 valence electrons. The van der Waals surface area contributed by atoms with E-state index < -0.39 is 109 Å². The third-order valence-corrected chi connectivity index (χ3v) is 9.87. The molecule has 60 heavy (non-hydrogen) atoms. The van der Waals surface area contributed by atoms with Gasteiger partial charge in [-0.2, -0.15) is 11.8 Å². The van der Waals surface area contributed by atoms with Crippen LogP contribution in [0.15, 0.2) is 60.8 Å². The Morgan fingerprint density at radius 1 is 0.633 bits per heavy atom. The lowest BCUT2D eigenvalue weighted by Crippen LogP contribution is -2.60. The van der Waals surface area contributed by atoms with E-state index >= 15 is 0 Å². The van der Waals surface area contributed by atoms with Crippen molar-refractivity contribution < 1.29 is 53.4 Å².